The molecule has 1 atom stereocenters. The van der Waals surface area contributed by atoms with E-state index in [0.717, 1.165) is 37.1 Å². The third-order valence-corrected chi connectivity index (χ3v) is 4.11. The topological polar surface area (TPSA) is 119 Å². The van der Waals surface area contributed by atoms with Gasteiger partial charge >= 0.3 is 0 Å². The summed E-state index contributed by atoms with van der Waals surface area (Å²) in [5.41, 5.74) is 14.2. The first-order valence-electron chi connectivity index (χ1n) is 8.11. The van der Waals surface area contributed by atoms with Crippen LogP contribution in [0.1, 0.15) is 28.9 Å². The Morgan fingerprint density at radius 1 is 1.42 bits per heavy atom. The van der Waals surface area contributed by atoms with Crippen molar-refractivity contribution in [2.45, 2.75) is 25.4 Å². The van der Waals surface area contributed by atoms with Crippen LogP contribution in [0.5, 0.6) is 0 Å². The molecule has 126 valence electrons. The number of aromatic nitrogens is 2. The van der Waals surface area contributed by atoms with Crippen LogP contribution in [0.25, 0.3) is 11.3 Å². The van der Waals surface area contributed by atoms with Crippen molar-refractivity contribution < 1.29 is 4.79 Å². The quantitative estimate of drug-likeness (QED) is 0.655. The number of nitrogens with zero attached hydrogens (tertiary/aromatic N) is 2. The molecule has 0 unspecified atom stereocenters. The lowest BCUT2D eigenvalue weighted by molar-refractivity contribution is 0.0926. The van der Waals surface area contributed by atoms with Gasteiger partial charge in [0.05, 0.1) is 11.9 Å². The molecule has 1 aromatic heterocycles. The Balaban J connectivity index is 1.83. The van der Waals surface area contributed by atoms with Crippen molar-refractivity contribution in [1.29, 1.82) is 0 Å². The first kappa shape index (κ1) is 16.4. The fourth-order valence-corrected chi connectivity index (χ4v) is 2.79. The maximum atomic E-state index is 12.5. The summed E-state index contributed by atoms with van der Waals surface area (Å²) in [6.45, 7) is 2.19. The molecule has 1 aliphatic heterocycles. The van der Waals surface area contributed by atoms with Crippen molar-refractivity contribution in [3.8, 4) is 11.3 Å². The molecule has 7 heteroatoms. The highest BCUT2D eigenvalue weighted by Crippen LogP contribution is 2.20. The van der Waals surface area contributed by atoms with E-state index in [9.17, 15) is 4.79 Å². The van der Waals surface area contributed by atoms with E-state index in [-0.39, 0.29) is 23.5 Å². The van der Waals surface area contributed by atoms with E-state index in [4.69, 9.17) is 11.5 Å². The number of carbonyl (C=O) groups excluding carboxylic acids is 1. The molecule has 0 aliphatic carbocycles. The van der Waals surface area contributed by atoms with Gasteiger partial charge in [-0.1, -0.05) is 18.2 Å². The van der Waals surface area contributed by atoms with Crippen LogP contribution in [-0.2, 0) is 6.54 Å². The first-order valence-corrected chi connectivity index (χ1v) is 8.11. The molecule has 0 spiro atoms. The van der Waals surface area contributed by atoms with Crippen molar-refractivity contribution in [3.63, 3.8) is 0 Å². The summed E-state index contributed by atoms with van der Waals surface area (Å²) >= 11 is 0. The van der Waals surface area contributed by atoms with Crippen LogP contribution in [0.2, 0.25) is 0 Å². The monoisotopic (exact) mass is 326 g/mol. The van der Waals surface area contributed by atoms with Gasteiger partial charge < -0.3 is 22.1 Å². The maximum absolute atomic E-state index is 12.5. The zero-order chi connectivity index (χ0) is 16.9. The number of nitrogen functional groups attached to an aromatic ring is 1. The van der Waals surface area contributed by atoms with Crippen molar-refractivity contribution >= 4 is 11.7 Å². The van der Waals surface area contributed by atoms with E-state index in [2.05, 4.69) is 20.6 Å². The number of nitrogens with two attached hydrogens (primary N) is 2. The SMILES string of the molecule is NCc1cccc(-c2cnc(N)c(C(=O)N[C@H]3CCCNC3)n2)c1. The normalized spacial score (nSPS) is 17.5. The van der Waals surface area contributed by atoms with Gasteiger partial charge in [0.1, 0.15) is 0 Å². The van der Waals surface area contributed by atoms with Gasteiger partial charge in [-0.05, 0) is 31.0 Å². The number of benzene rings is 1. The van der Waals surface area contributed by atoms with Gasteiger partial charge in [-0.15, -0.1) is 0 Å². The summed E-state index contributed by atoms with van der Waals surface area (Å²) in [5, 5.41) is 6.24. The van der Waals surface area contributed by atoms with Crippen LogP contribution < -0.4 is 22.1 Å². The summed E-state index contributed by atoms with van der Waals surface area (Å²) in [6.07, 6.45) is 3.56. The Morgan fingerprint density at radius 3 is 3.04 bits per heavy atom. The molecule has 1 saturated heterocycles. The Kier molecular flexibility index (Phi) is 5.02. The molecule has 0 radical (unpaired) electrons. The summed E-state index contributed by atoms with van der Waals surface area (Å²) < 4.78 is 0. The Labute approximate surface area is 140 Å². The van der Waals surface area contributed by atoms with Crippen molar-refractivity contribution in [2.75, 3.05) is 18.8 Å². The van der Waals surface area contributed by atoms with E-state index < -0.39 is 0 Å². The summed E-state index contributed by atoms with van der Waals surface area (Å²) in [4.78, 5) is 21.1. The summed E-state index contributed by atoms with van der Waals surface area (Å²) in [7, 11) is 0. The van der Waals surface area contributed by atoms with Gasteiger partial charge in [-0.2, -0.15) is 0 Å². The van der Waals surface area contributed by atoms with Gasteiger partial charge in [-0.25, -0.2) is 9.97 Å². The molecule has 1 amide bonds. The van der Waals surface area contributed by atoms with Crippen LogP contribution in [0.4, 0.5) is 5.82 Å². The molecule has 1 aliphatic rings. The number of nitrogens with one attached hydrogen (secondary N) is 2. The third-order valence-electron chi connectivity index (χ3n) is 4.11. The first-order chi connectivity index (χ1) is 11.7. The predicted octanol–water partition coefficient (Wildman–Crippen LogP) is 0.666. The molecular weight excluding hydrogens is 304 g/mol. The molecule has 1 fully saturated rings. The molecule has 6 N–H and O–H groups in total. The average molecular weight is 326 g/mol. The number of amides is 1. The van der Waals surface area contributed by atoms with Gasteiger partial charge in [0.25, 0.3) is 5.91 Å². The van der Waals surface area contributed by atoms with E-state index in [1.807, 2.05) is 24.3 Å². The highest BCUT2D eigenvalue weighted by molar-refractivity contribution is 5.97. The molecule has 0 bridgehead atoms. The largest absolute Gasteiger partial charge is 0.382 e. The molecule has 0 saturated carbocycles. The summed E-state index contributed by atoms with van der Waals surface area (Å²) in [5.74, 6) is -0.152. The Hall–Kier alpha value is -2.51. The zero-order valence-electron chi connectivity index (χ0n) is 13.5. The molecule has 24 heavy (non-hydrogen) atoms. The number of hydrogen-bond donors (Lipinski definition) is 4. The second kappa shape index (κ2) is 7.37. The second-order valence-corrected chi connectivity index (χ2v) is 5.91. The fraction of sp³-hybridized carbons (Fsp3) is 0.353. The molecule has 2 heterocycles. The lowest BCUT2D eigenvalue weighted by atomic mass is 10.1. The minimum atomic E-state index is -0.287. The molecule has 3 rings (SSSR count). The molecular formula is C17H22N6O. The van der Waals surface area contributed by atoms with E-state index in [0.29, 0.717) is 12.2 Å². The predicted molar refractivity (Wildman–Crippen MR) is 93.1 cm³/mol. The summed E-state index contributed by atoms with van der Waals surface area (Å²) in [6, 6.07) is 7.79. The Morgan fingerprint density at radius 2 is 2.29 bits per heavy atom. The van der Waals surface area contributed by atoms with Crippen molar-refractivity contribution in [1.82, 2.24) is 20.6 Å². The van der Waals surface area contributed by atoms with Crippen molar-refractivity contribution in [2.24, 2.45) is 5.73 Å². The van der Waals surface area contributed by atoms with Crippen LogP contribution in [0.15, 0.2) is 30.5 Å². The molecule has 7 nitrogen and oxygen atoms in total. The van der Waals surface area contributed by atoms with Crippen molar-refractivity contribution in [3.05, 3.63) is 41.7 Å². The molecule has 2 aromatic rings. The lowest BCUT2D eigenvalue weighted by Crippen LogP contribution is -2.46. The zero-order valence-corrected chi connectivity index (χ0v) is 13.5. The Bertz CT molecular complexity index is 727. The highest BCUT2D eigenvalue weighted by Gasteiger charge is 2.20. The number of piperidine rings is 1. The van der Waals surface area contributed by atoms with E-state index in [1.54, 1.807) is 6.20 Å². The van der Waals surface area contributed by atoms with Gasteiger partial charge in [0.15, 0.2) is 11.5 Å². The van der Waals surface area contributed by atoms with E-state index in [1.165, 1.54) is 0 Å². The highest BCUT2D eigenvalue weighted by atomic mass is 16.2. The van der Waals surface area contributed by atoms with Gasteiger partial charge in [0.2, 0.25) is 0 Å². The van der Waals surface area contributed by atoms with Crippen LogP contribution in [0.3, 0.4) is 0 Å². The number of rotatable bonds is 4. The minimum absolute atomic E-state index is 0.0941. The van der Waals surface area contributed by atoms with Crippen LogP contribution in [-0.4, -0.2) is 35.0 Å². The minimum Gasteiger partial charge on any atom is -0.382 e. The standard InChI is InChI=1S/C17H22N6O/c18-8-11-3-1-4-12(7-11)14-10-21-16(19)15(23-14)17(24)22-13-5-2-6-20-9-13/h1,3-4,7,10,13,20H,2,5-6,8-9,18H2,(H2,19,21)(H,22,24)/t13-/m0/s1. The number of hydrogen-bond acceptors (Lipinski definition) is 6. The fourth-order valence-electron chi connectivity index (χ4n) is 2.79. The third kappa shape index (κ3) is 3.69. The maximum Gasteiger partial charge on any atom is 0.274 e. The number of carbonyl (C=O) groups is 1. The smallest absolute Gasteiger partial charge is 0.274 e. The van der Waals surface area contributed by atoms with Crippen LogP contribution >= 0.6 is 0 Å². The average Bonchev–Trinajstić information content (AvgIpc) is 2.63. The van der Waals surface area contributed by atoms with Gasteiger partial charge in [0, 0.05) is 24.7 Å². The molecule has 1 aromatic carbocycles. The number of anilines is 1. The van der Waals surface area contributed by atoms with Gasteiger partial charge in [-0.3, -0.25) is 4.79 Å². The van der Waals surface area contributed by atoms with Crippen LogP contribution in [0, 0.1) is 0 Å². The second-order valence-electron chi connectivity index (χ2n) is 5.91. The van der Waals surface area contributed by atoms with E-state index >= 15 is 0 Å². The lowest BCUT2D eigenvalue weighted by Gasteiger charge is -2.23.